The van der Waals surface area contributed by atoms with Crippen molar-refractivity contribution in [1.82, 2.24) is 0 Å². The summed E-state index contributed by atoms with van der Waals surface area (Å²) >= 11 is 0.0298. The van der Waals surface area contributed by atoms with Crippen LogP contribution in [0.1, 0.15) is 27.7 Å². The Balaban J connectivity index is 0. The summed E-state index contributed by atoms with van der Waals surface area (Å²) < 4.78 is 1.78. The van der Waals surface area contributed by atoms with Crippen molar-refractivity contribution >= 4 is 22.8 Å². The summed E-state index contributed by atoms with van der Waals surface area (Å²) in [6.45, 7) is 10.3. The topological polar surface area (TPSA) is 0 Å². The van der Waals surface area contributed by atoms with Crippen LogP contribution in [0.5, 0.6) is 0 Å². The second-order valence-electron chi connectivity index (χ2n) is 4.68. The second-order valence-corrected chi connectivity index (χ2v) is 8.95. The Morgan fingerprint density at radius 2 is 1.50 bits per heavy atom. The second kappa shape index (κ2) is 10.4. The van der Waals surface area contributed by atoms with Crippen molar-refractivity contribution in [3.05, 3.63) is 50.9 Å². The van der Waals surface area contributed by atoms with Gasteiger partial charge < -0.3 is 24.8 Å². The monoisotopic (exact) mass is 380 g/mol. The zero-order valence-electron chi connectivity index (χ0n) is 11.7. The van der Waals surface area contributed by atoms with Gasteiger partial charge in [0.15, 0.2) is 0 Å². The predicted octanol–water partition coefficient (Wildman–Crippen LogP) is -3.20. The SMILES string of the molecule is CC1=C(C)C(C)[C]([Ti+2][PH]c2ccccc2)=C1C.[Cl-].[Cl-].[SiH4]. The number of allylic oxidation sites excluding steroid dienone is 4. The van der Waals surface area contributed by atoms with Crippen LogP contribution in [-0.4, -0.2) is 11.0 Å². The summed E-state index contributed by atoms with van der Waals surface area (Å²) in [7, 11) is 0. The van der Waals surface area contributed by atoms with E-state index in [2.05, 4.69) is 58.0 Å². The minimum Gasteiger partial charge on any atom is -1.00 e. The molecule has 110 valence electrons. The van der Waals surface area contributed by atoms with E-state index < -0.39 is 0 Å². The summed E-state index contributed by atoms with van der Waals surface area (Å²) in [5, 5.41) is 1.53. The molecule has 0 bridgehead atoms. The van der Waals surface area contributed by atoms with E-state index in [-0.39, 0.29) is 54.4 Å². The quantitative estimate of drug-likeness (QED) is 0.383. The molecule has 1 aliphatic rings. The van der Waals surface area contributed by atoms with E-state index in [1.165, 1.54) is 5.30 Å². The number of rotatable bonds is 3. The van der Waals surface area contributed by atoms with E-state index in [1.807, 2.05) is 0 Å². The molecule has 0 spiro atoms. The summed E-state index contributed by atoms with van der Waals surface area (Å²) in [5.74, 6) is 0.714. The third-order valence-corrected chi connectivity index (χ3v) is 9.23. The summed E-state index contributed by atoms with van der Waals surface area (Å²) in [6, 6.07) is 11.0. The van der Waals surface area contributed by atoms with Crippen molar-refractivity contribution in [1.29, 1.82) is 0 Å². The minimum absolute atomic E-state index is 0. The first-order chi connectivity index (χ1) is 8.11. The van der Waals surface area contributed by atoms with Crippen LogP contribution in [-0.2, 0) is 18.6 Å². The first-order valence-corrected chi connectivity index (χ1v) is 10.2. The van der Waals surface area contributed by atoms with Crippen LogP contribution in [0.4, 0.5) is 0 Å². The van der Waals surface area contributed by atoms with Crippen LogP contribution < -0.4 is 30.1 Å². The van der Waals surface area contributed by atoms with Crippen molar-refractivity contribution in [3.8, 4) is 0 Å². The number of halogens is 2. The number of benzene rings is 1. The molecular formula is C15H23Cl2PSiTi. The fourth-order valence-electron chi connectivity index (χ4n) is 2.23. The number of hydrogen-bond donors (Lipinski definition) is 0. The molecule has 0 radical (unpaired) electrons. The average molecular weight is 381 g/mol. The maximum Gasteiger partial charge on any atom is -0.0149 e. The molecule has 0 saturated carbocycles. The molecule has 1 aromatic rings. The maximum atomic E-state index is 2.38. The van der Waals surface area contributed by atoms with Crippen molar-refractivity contribution in [3.63, 3.8) is 0 Å². The molecule has 2 unspecified atom stereocenters. The Labute approximate surface area is 150 Å². The van der Waals surface area contributed by atoms with Gasteiger partial charge in [0.25, 0.3) is 0 Å². The summed E-state index contributed by atoms with van der Waals surface area (Å²) in [4.78, 5) is 0. The van der Waals surface area contributed by atoms with E-state index >= 15 is 0 Å². The van der Waals surface area contributed by atoms with Gasteiger partial charge in [0.2, 0.25) is 0 Å². The Hall–Kier alpha value is 0.641. The Morgan fingerprint density at radius 1 is 0.950 bits per heavy atom. The predicted molar refractivity (Wildman–Crippen MR) is 86.0 cm³/mol. The van der Waals surface area contributed by atoms with Gasteiger partial charge in [0.1, 0.15) is 0 Å². The molecule has 0 amide bonds. The molecule has 0 N–H and O–H groups in total. The van der Waals surface area contributed by atoms with Gasteiger partial charge in [-0.3, -0.25) is 0 Å². The maximum absolute atomic E-state index is 2.38. The van der Waals surface area contributed by atoms with Crippen molar-refractivity contribution in [2.75, 3.05) is 0 Å². The van der Waals surface area contributed by atoms with Crippen LogP contribution in [0.2, 0.25) is 0 Å². The third-order valence-electron chi connectivity index (χ3n) is 3.76. The van der Waals surface area contributed by atoms with Gasteiger partial charge in [-0.25, -0.2) is 0 Å². The van der Waals surface area contributed by atoms with Crippen molar-refractivity contribution in [2.24, 2.45) is 5.92 Å². The van der Waals surface area contributed by atoms with Gasteiger partial charge in [0.05, 0.1) is 0 Å². The van der Waals surface area contributed by atoms with Gasteiger partial charge in [-0.1, -0.05) is 0 Å². The Morgan fingerprint density at radius 3 is 1.95 bits per heavy atom. The van der Waals surface area contributed by atoms with E-state index in [1.54, 1.807) is 20.6 Å². The van der Waals surface area contributed by atoms with Gasteiger partial charge in [-0.15, -0.1) is 0 Å². The molecule has 2 rings (SSSR count). The zero-order valence-corrected chi connectivity index (χ0v) is 15.8. The normalized spacial score (nSPS) is 17.5. The van der Waals surface area contributed by atoms with Crippen LogP contribution in [0, 0.1) is 5.92 Å². The first kappa shape index (κ1) is 22.9. The summed E-state index contributed by atoms with van der Waals surface area (Å²) in [6.07, 6.45) is 0. The molecule has 1 aliphatic carbocycles. The van der Waals surface area contributed by atoms with Gasteiger partial charge in [-0.2, -0.15) is 0 Å². The molecule has 0 fully saturated rings. The molecule has 1 aromatic carbocycles. The van der Waals surface area contributed by atoms with Crippen molar-refractivity contribution < 1.29 is 43.5 Å². The smallest absolute Gasteiger partial charge is 0.0149 e. The van der Waals surface area contributed by atoms with Crippen LogP contribution >= 0.6 is 6.57 Å². The molecule has 20 heavy (non-hydrogen) atoms. The van der Waals surface area contributed by atoms with Gasteiger partial charge >= 0.3 is 115 Å². The minimum atomic E-state index is 0. The largest absolute Gasteiger partial charge is 1.00 e. The molecule has 0 heterocycles. The standard InChI is InChI=1S/C9H13.C6H6P.2ClH.H4Si.Ti/c1-6-5-7(2)9(4)8(6)3;7-6-4-2-1-3-5-6;;;;/h6H,1-4H3;1-5,7H;2*1H;1H4;/q;-1;;;;+3/p-2. The van der Waals surface area contributed by atoms with E-state index in [9.17, 15) is 0 Å². The molecule has 0 aromatic heterocycles. The van der Waals surface area contributed by atoms with Crippen LogP contribution in [0.3, 0.4) is 0 Å². The van der Waals surface area contributed by atoms with Crippen LogP contribution in [0.15, 0.2) is 50.9 Å². The molecule has 2 atom stereocenters. The molecule has 0 aliphatic heterocycles. The van der Waals surface area contributed by atoms with Gasteiger partial charge in [-0.05, 0) is 11.0 Å². The fraction of sp³-hybridized carbons (Fsp3) is 0.333. The summed E-state index contributed by atoms with van der Waals surface area (Å²) in [5.41, 5.74) is 4.74. The zero-order chi connectivity index (χ0) is 12.4. The molecular weight excluding hydrogens is 358 g/mol. The average Bonchev–Trinajstić information content (AvgIpc) is 2.54. The first-order valence-electron chi connectivity index (χ1n) is 6.07. The van der Waals surface area contributed by atoms with Gasteiger partial charge in [0, 0.05) is 0 Å². The molecule has 0 nitrogen and oxygen atoms in total. The number of hydrogen-bond acceptors (Lipinski definition) is 0. The van der Waals surface area contributed by atoms with Crippen LogP contribution in [0.25, 0.3) is 0 Å². The Bertz CT molecular complexity index is 486. The van der Waals surface area contributed by atoms with E-state index in [0.717, 1.165) is 6.57 Å². The van der Waals surface area contributed by atoms with E-state index in [4.69, 9.17) is 0 Å². The Kier molecular flexibility index (Phi) is 11.9. The fourth-order valence-corrected chi connectivity index (χ4v) is 7.88. The third kappa shape index (κ3) is 5.13. The molecule has 0 saturated heterocycles. The van der Waals surface area contributed by atoms with E-state index in [0.29, 0.717) is 5.92 Å². The van der Waals surface area contributed by atoms with Crippen molar-refractivity contribution in [2.45, 2.75) is 27.7 Å². The molecule has 5 heteroatoms.